The molecule has 0 fully saturated rings. The zero-order valence-corrected chi connectivity index (χ0v) is 52.1. The number of amides is 6. The van der Waals surface area contributed by atoms with Gasteiger partial charge in [-0.1, -0.05) is 88.7 Å². The van der Waals surface area contributed by atoms with Crippen LogP contribution in [0, 0.1) is 17.0 Å². The molecule has 4 N–H and O–H groups in total. The van der Waals surface area contributed by atoms with Crippen LogP contribution in [0.5, 0.6) is 0 Å². The molecule has 6 amide bonds. The average Bonchev–Trinajstić information content (AvgIpc) is 2.04. The maximum atomic E-state index is 14.8. The maximum absolute atomic E-state index is 14.8. The first-order valence-electron chi connectivity index (χ1n) is 29.4. The van der Waals surface area contributed by atoms with E-state index in [1.807, 2.05) is 0 Å². The van der Waals surface area contributed by atoms with Gasteiger partial charge >= 0.3 is 0 Å². The Morgan fingerprint density at radius 2 is 1.29 bits per heavy atom. The van der Waals surface area contributed by atoms with Gasteiger partial charge in [-0.3, -0.25) is 34.1 Å². The van der Waals surface area contributed by atoms with E-state index in [1.165, 1.54) is 57.0 Å². The SMILES string of the molecule is CN(CC(=O)NCCCOCCOCCOCCCNC(=O)CN(C)C(=O)CC(C)(C)CC(=O)Nc1c(F)cc(C(=O)Nc2nccs2)cc1F)C(=O)CCCCCN1/C(=C/C=C/C=C/C2=[N+](C)c3ccccc3C2(C)C)C(C)(C)c2ccccc21. The predicted octanol–water partition coefficient (Wildman–Crippen LogP) is 9.46. The number of carbonyl (C=O) groups is 6. The Hall–Kier alpha value is -7.46. The number of hydrogen-bond acceptors (Lipinski definition) is 12. The van der Waals surface area contributed by atoms with E-state index < -0.39 is 40.5 Å². The van der Waals surface area contributed by atoms with Crippen molar-refractivity contribution in [2.75, 3.05) is 109 Å². The Labute approximate surface area is 509 Å². The molecule has 2 aliphatic heterocycles. The fourth-order valence-corrected chi connectivity index (χ4v) is 11.0. The number of carbonyl (C=O) groups excluding carboxylic acids is 6. The number of nitrogens with zero attached hydrogens (tertiary/aromatic N) is 5. The normalized spacial score (nSPS) is 14.6. The molecule has 0 radical (unpaired) electrons. The van der Waals surface area contributed by atoms with Gasteiger partial charge < -0.3 is 44.9 Å². The lowest BCUT2D eigenvalue weighted by Crippen LogP contribution is -2.40. The topological polar surface area (TPSA) is 204 Å². The second-order valence-electron chi connectivity index (χ2n) is 23.4. The lowest BCUT2D eigenvalue weighted by molar-refractivity contribution is -0.401. The molecule has 6 rings (SSSR count). The zero-order valence-electron chi connectivity index (χ0n) is 51.3. The van der Waals surface area contributed by atoms with Crippen molar-refractivity contribution in [2.45, 2.75) is 104 Å². The Morgan fingerprint density at radius 1 is 0.698 bits per heavy atom. The van der Waals surface area contributed by atoms with Crippen molar-refractivity contribution in [1.82, 2.24) is 25.4 Å². The first-order chi connectivity index (χ1) is 41.0. The third-order valence-corrected chi connectivity index (χ3v) is 15.9. The number of hydrogen-bond donors (Lipinski definition) is 4. The van der Waals surface area contributed by atoms with Crippen LogP contribution in [0.4, 0.5) is 31.0 Å². The van der Waals surface area contributed by atoms with E-state index in [1.54, 1.807) is 26.3 Å². The first-order valence-corrected chi connectivity index (χ1v) is 30.3. The van der Waals surface area contributed by atoms with E-state index in [2.05, 4.69) is 149 Å². The summed E-state index contributed by atoms with van der Waals surface area (Å²) in [4.78, 5) is 85.3. The second-order valence-corrected chi connectivity index (χ2v) is 24.3. The molecule has 2 aliphatic rings. The molecular weight excluding hydrogens is 1120 g/mol. The van der Waals surface area contributed by atoms with Crippen LogP contribution in [0.1, 0.15) is 114 Å². The first kappa shape index (κ1) is 67.7. The lowest BCUT2D eigenvalue weighted by Gasteiger charge is -2.27. The van der Waals surface area contributed by atoms with Crippen LogP contribution >= 0.6 is 11.3 Å². The van der Waals surface area contributed by atoms with Crippen molar-refractivity contribution >= 4 is 74.7 Å². The summed E-state index contributed by atoms with van der Waals surface area (Å²) in [6.07, 6.45) is 16.0. The Kier molecular flexibility index (Phi) is 25.4. The van der Waals surface area contributed by atoms with E-state index in [0.29, 0.717) is 72.0 Å². The molecule has 1 aromatic heterocycles. The fraction of sp³-hybridized carbons (Fsp3) is 0.477. The highest BCUT2D eigenvalue weighted by Crippen LogP contribution is 2.48. The molecule has 3 aromatic carbocycles. The van der Waals surface area contributed by atoms with Gasteiger partial charge in [0.15, 0.2) is 22.5 Å². The summed E-state index contributed by atoms with van der Waals surface area (Å²) in [5, 5.41) is 12.1. The van der Waals surface area contributed by atoms with Crippen LogP contribution in [0.25, 0.3) is 0 Å². The van der Waals surface area contributed by atoms with Crippen LogP contribution in [-0.4, -0.2) is 154 Å². The fourth-order valence-electron chi connectivity index (χ4n) is 10.5. The van der Waals surface area contributed by atoms with Gasteiger partial charge in [0.25, 0.3) is 5.91 Å². The van der Waals surface area contributed by atoms with E-state index in [0.717, 1.165) is 49.3 Å². The second kappa shape index (κ2) is 32.3. The number of benzene rings is 3. The van der Waals surface area contributed by atoms with Gasteiger partial charge in [0.05, 0.1) is 44.9 Å². The molecule has 0 saturated carbocycles. The monoisotopic (exact) mass is 1210 g/mol. The molecular formula is C65H86F2N9O9S+. The summed E-state index contributed by atoms with van der Waals surface area (Å²) in [6.45, 7) is 16.0. The Balaban J connectivity index is 0.741. The summed E-state index contributed by atoms with van der Waals surface area (Å²) in [7, 11) is 5.26. The quantitative estimate of drug-likeness (QED) is 0.0197. The molecule has 0 aliphatic carbocycles. The molecule has 0 saturated heterocycles. The minimum absolute atomic E-state index is 0.00798. The molecule has 18 nitrogen and oxygen atoms in total. The molecule has 0 spiro atoms. The summed E-state index contributed by atoms with van der Waals surface area (Å²) in [5.41, 5.74) is 5.41. The average molecular weight is 1210 g/mol. The van der Waals surface area contributed by atoms with E-state index in [-0.39, 0.29) is 65.2 Å². The van der Waals surface area contributed by atoms with Gasteiger partial charge in [0.2, 0.25) is 35.2 Å². The Bertz CT molecular complexity index is 3100. The highest BCUT2D eigenvalue weighted by Gasteiger charge is 2.43. The van der Waals surface area contributed by atoms with Crippen LogP contribution < -0.4 is 26.2 Å². The smallest absolute Gasteiger partial charge is 0.257 e. The number of halogens is 2. The highest BCUT2D eigenvalue weighted by atomic mass is 32.1. The number of thiazole rings is 1. The predicted molar refractivity (Wildman–Crippen MR) is 333 cm³/mol. The standard InChI is InChI=1S/C65H85F2N9O9S/c1-63(2,42-55(77)71-60-49(66)40-46(41-50(60)67)61(82)72-62-70-31-39-86-62)43-59(81)74(8)45-57(79)69-30-21-34-84-36-38-85-37-35-83-33-20-29-68-56(78)44-73(7)58(80)28-14-11-19-32-76-52-25-18-16-23-48(52)65(5,6)54(76)27-13-10-12-26-53-64(3,4)47-22-15-17-24-51(47)75(53)9/h10,12-13,15-18,22-27,31,39-41H,11,14,19-21,28-30,32-38,42-45H2,1-9H3,(H3-,68,69,70,71,72,77,78,79,82)/p+1. The number of aromatic nitrogens is 1. The molecule has 0 atom stereocenters. The summed E-state index contributed by atoms with van der Waals surface area (Å²) in [6, 6.07) is 18.8. The van der Waals surface area contributed by atoms with Crippen LogP contribution in [0.3, 0.4) is 0 Å². The summed E-state index contributed by atoms with van der Waals surface area (Å²) in [5.74, 6) is -4.85. The third kappa shape index (κ3) is 19.5. The number of rotatable bonds is 34. The number of ether oxygens (including phenoxy) is 3. The van der Waals surface area contributed by atoms with E-state index in [9.17, 15) is 37.5 Å². The van der Waals surface area contributed by atoms with Crippen LogP contribution in [-0.2, 0) is 49.0 Å². The van der Waals surface area contributed by atoms with Gasteiger partial charge in [0, 0.05) is 118 Å². The van der Waals surface area contributed by atoms with Crippen molar-refractivity contribution in [2.24, 2.45) is 5.41 Å². The van der Waals surface area contributed by atoms with E-state index in [4.69, 9.17) is 14.2 Å². The highest BCUT2D eigenvalue weighted by molar-refractivity contribution is 7.13. The zero-order chi connectivity index (χ0) is 62.4. The van der Waals surface area contributed by atoms with E-state index >= 15 is 0 Å². The number of nitrogens with one attached hydrogen (secondary N) is 4. The number of unbranched alkanes of at least 4 members (excludes halogenated alkanes) is 2. The van der Waals surface area contributed by atoms with Crippen molar-refractivity contribution in [3.8, 4) is 0 Å². The molecule has 0 unspecified atom stereocenters. The number of likely N-dealkylation sites (N-methyl/N-ethyl adjacent to an activating group) is 2. The van der Waals surface area contributed by atoms with Gasteiger partial charge in [-0.15, -0.1) is 11.3 Å². The minimum atomic E-state index is -1.14. The molecule has 0 bridgehead atoms. The molecule has 3 heterocycles. The number of anilines is 3. The van der Waals surface area contributed by atoms with Crippen molar-refractivity contribution in [3.05, 3.63) is 137 Å². The van der Waals surface area contributed by atoms with Gasteiger partial charge in [-0.25, -0.2) is 13.8 Å². The maximum Gasteiger partial charge on any atom is 0.257 e. The molecule has 4 aromatic rings. The number of para-hydroxylation sites is 2. The van der Waals surface area contributed by atoms with Crippen molar-refractivity contribution in [3.63, 3.8) is 0 Å². The van der Waals surface area contributed by atoms with Gasteiger partial charge in [-0.2, -0.15) is 4.58 Å². The van der Waals surface area contributed by atoms with Crippen LogP contribution in [0.15, 0.2) is 108 Å². The molecule has 464 valence electrons. The summed E-state index contributed by atoms with van der Waals surface area (Å²) >= 11 is 1.14. The number of fused-ring (bicyclic) bond motifs is 2. The molecule has 21 heteroatoms. The minimum Gasteiger partial charge on any atom is -0.379 e. The van der Waals surface area contributed by atoms with Crippen molar-refractivity contribution in [1.29, 1.82) is 0 Å². The van der Waals surface area contributed by atoms with Gasteiger partial charge in [0.1, 0.15) is 12.7 Å². The van der Waals surface area contributed by atoms with Crippen LogP contribution in [0.2, 0.25) is 0 Å². The Morgan fingerprint density at radius 3 is 1.91 bits per heavy atom. The van der Waals surface area contributed by atoms with Crippen molar-refractivity contribution < 1.29 is 56.3 Å². The lowest BCUT2D eigenvalue weighted by atomic mass is 9.81. The largest absolute Gasteiger partial charge is 0.379 e. The third-order valence-electron chi connectivity index (χ3n) is 15.2. The van der Waals surface area contributed by atoms with Gasteiger partial charge in [-0.05, 0) is 74.8 Å². The summed E-state index contributed by atoms with van der Waals surface area (Å²) < 4.78 is 48.7. The number of allylic oxidation sites excluding steroid dienone is 6. The molecule has 86 heavy (non-hydrogen) atoms.